The zero-order chi connectivity index (χ0) is 22.9. The van der Waals surface area contributed by atoms with Crippen molar-refractivity contribution in [3.8, 4) is 5.69 Å². The van der Waals surface area contributed by atoms with Gasteiger partial charge in [-0.1, -0.05) is 36.4 Å². The largest absolute Gasteiger partial charge is 0.380 e. The molecule has 5 rings (SSSR count). The summed E-state index contributed by atoms with van der Waals surface area (Å²) in [7, 11) is 0. The smallest absolute Gasteiger partial charge is 0.255 e. The van der Waals surface area contributed by atoms with Crippen LogP contribution in [0.1, 0.15) is 29.7 Å². The maximum Gasteiger partial charge on any atom is 0.255 e. The van der Waals surface area contributed by atoms with Crippen LogP contribution in [0.15, 0.2) is 67.0 Å². The molecular formula is C25H26N4O4. The minimum absolute atomic E-state index is 0.228. The number of nitrogens with zero attached hydrogens (tertiary/aromatic N) is 4. The third-order valence-corrected chi connectivity index (χ3v) is 6.46. The first-order valence-corrected chi connectivity index (χ1v) is 11.1. The van der Waals surface area contributed by atoms with E-state index in [1.807, 2.05) is 67.7 Å². The van der Waals surface area contributed by atoms with Gasteiger partial charge >= 0.3 is 0 Å². The summed E-state index contributed by atoms with van der Waals surface area (Å²) in [6, 6.07) is 17.2. The van der Waals surface area contributed by atoms with Crippen LogP contribution in [0.4, 0.5) is 0 Å². The Kier molecular flexibility index (Phi) is 5.70. The second kappa shape index (κ2) is 8.80. The predicted molar refractivity (Wildman–Crippen MR) is 120 cm³/mol. The van der Waals surface area contributed by atoms with Gasteiger partial charge in [0.25, 0.3) is 11.8 Å². The van der Waals surface area contributed by atoms with Crippen LogP contribution in [0.3, 0.4) is 0 Å². The van der Waals surface area contributed by atoms with Gasteiger partial charge in [-0.25, -0.2) is 4.68 Å². The molecule has 1 fully saturated rings. The average Bonchev–Trinajstić information content (AvgIpc) is 3.53. The third-order valence-electron chi connectivity index (χ3n) is 6.46. The van der Waals surface area contributed by atoms with Crippen LogP contribution < -0.4 is 0 Å². The van der Waals surface area contributed by atoms with Gasteiger partial charge in [0.05, 0.1) is 18.3 Å². The zero-order valence-corrected chi connectivity index (χ0v) is 18.4. The Labute approximate surface area is 192 Å². The summed E-state index contributed by atoms with van der Waals surface area (Å²) in [5.74, 6) is -0.856. The first-order chi connectivity index (χ1) is 16.0. The Morgan fingerprint density at radius 2 is 1.79 bits per heavy atom. The molecule has 2 aromatic carbocycles. The maximum atomic E-state index is 13.2. The summed E-state index contributed by atoms with van der Waals surface area (Å²) in [5, 5.41) is 15.0. The molecule has 1 N–H and O–H groups in total. The molecule has 0 radical (unpaired) electrons. The Bertz CT molecular complexity index is 1120. The summed E-state index contributed by atoms with van der Waals surface area (Å²) in [5.41, 5.74) is 4.00. The fourth-order valence-corrected chi connectivity index (χ4v) is 4.55. The molecule has 3 aromatic rings. The number of rotatable bonds is 5. The van der Waals surface area contributed by atoms with Gasteiger partial charge in [0.1, 0.15) is 0 Å². The van der Waals surface area contributed by atoms with Crippen molar-refractivity contribution in [1.82, 2.24) is 19.6 Å². The highest BCUT2D eigenvalue weighted by atomic mass is 16.5. The Hall–Kier alpha value is -3.49. The Morgan fingerprint density at radius 1 is 1.09 bits per heavy atom. The van der Waals surface area contributed by atoms with Crippen molar-refractivity contribution in [2.45, 2.75) is 38.3 Å². The number of aromatic nitrogens is 2. The SMILES string of the molecule is CC(c1ccc(-n2cccn2)cc1)N1CCOC(C(O)C(=O)N2Cc3ccccc3C2)C1=O. The van der Waals surface area contributed by atoms with Gasteiger partial charge in [0, 0.05) is 32.0 Å². The lowest BCUT2D eigenvalue weighted by atomic mass is 10.0. The van der Waals surface area contributed by atoms with Gasteiger partial charge in [-0.15, -0.1) is 0 Å². The van der Waals surface area contributed by atoms with Crippen LogP contribution in [0, 0.1) is 0 Å². The maximum absolute atomic E-state index is 13.2. The number of carbonyl (C=O) groups is 2. The number of amides is 2. The first kappa shape index (κ1) is 21.4. The molecule has 0 spiro atoms. The molecule has 2 aliphatic heterocycles. The van der Waals surface area contributed by atoms with E-state index in [9.17, 15) is 14.7 Å². The molecule has 3 unspecified atom stereocenters. The number of fused-ring (bicyclic) bond motifs is 1. The van der Waals surface area contributed by atoms with E-state index in [2.05, 4.69) is 5.10 Å². The average molecular weight is 447 g/mol. The number of hydrogen-bond donors (Lipinski definition) is 1. The van der Waals surface area contributed by atoms with Crippen LogP contribution in [0.5, 0.6) is 0 Å². The van der Waals surface area contributed by atoms with Gasteiger partial charge in [-0.05, 0) is 41.8 Å². The van der Waals surface area contributed by atoms with E-state index in [-0.39, 0.29) is 18.6 Å². The number of aliphatic hydroxyl groups is 1. The van der Waals surface area contributed by atoms with E-state index in [1.54, 1.807) is 20.7 Å². The molecule has 1 aromatic heterocycles. The van der Waals surface area contributed by atoms with Crippen LogP contribution in [0.2, 0.25) is 0 Å². The van der Waals surface area contributed by atoms with Crippen LogP contribution in [-0.4, -0.2) is 61.9 Å². The third kappa shape index (κ3) is 4.03. The minimum atomic E-state index is -1.54. The normalized spacial score (nSPS) is 19.9. The molecule has 33 heavy (non-hydrogen) atoms. The second-order valence-electron chi connectivity index (χ2n) is 8.45. The minimum Gasteiger partial charge on any atom is -0.380 e. The highest BCUT2D eigenvalue weighted by molar-refractivity contribution is 5.91. The van der Waals surface area contributed by atoms with Gasteiger partial charge in [-0.2, -0.15) is 5.10 Å². The highest BCUT2D eigenvalue weighted by Crippen LogP contribution is 2.27. The van der Waals surface area contributed by atoms with Crippen molar-refractivity contribution in [2.24, 2.45) is 0 Å². The Balaban J connectivity index is 1.27. The standard InChI is InChI=1S/C25H26N4O4/c1-17(18-7-9-21(10-8-18)29-12-4-11-26-29)28-13-14-33-23(25(28)32)22(30)24(31)27-15-19-5-2-3-6-20(19)16-27/h2-12,17,22-23,30H,13-16H2,1H3. The molecule has 8 nitrogen and oxygen atoms in total. The van der Waals surface area contributed by atoms with Crippen molar-refractivity contribution in [3.63, 3.8) is 0 Å². The molecular weight excluding hydrogens is 420 g/mol. The molecule has 3 atom stereocenters. The van der Waals surface area contributed by atoms with Crippen molar-refractivity contribution in [2.75, 3.05) is 13.2 Å². The fraction of sp³-hybridized carbons (Fsp3) is 0.320. The molecule has 8 heteroatoms. The lowest BCUT2D eigenvalue weighted by Crippen LogP contribution is -2.56. The molecule has 0 bridgehead atoms. The topological polar surface area (TPSA) is 87.9 Å². The van der Waals surface area contributed by atoms with Crippen LogP contribution >= 0.6 is 0 Å². The molecule has 170 valence electrons. The lowest BCUT2D eigenvalue weighted by molar-refractivity contribution is -0.173. The van der Waals surface area contributed by atoms with Gasteiger partial charge < -0.3 is 19.6 Å². The summed E-state index contributed by atoms with van der Waals surface area (Å²) < 4.78 is 7.36. The van der Waals surface area contributed by atoms with E-state index < -0.39 is 18.1 Å². The second-order valence-corrected chi connectivity index (χ2v) is 8.45. The lowest BCUT2D eigenvalue weighted by Gasteiger charge is -2.38. The summed E-state index contributed by atoms with van der Waals surface area (Å²) in [4.78, 5) is 29.4. The fourth-order valence-electron chi connectivity index (χ4n) is 4.55. The highest BCUT2D eigenvalue weighted by Gasteiger charge is 2.42. The number of morpholine rings is 1. The number of benzene rings is 2. The van der Waals surface area contributed by atoms with Crippen LogP contribution in [-0.2, 0) is 27.4 Å². The Morgan fingerprint density at radius 3 is 2.42 bits per heavy atom. The van der Waals surface area contributed by atoms with Crippen molar-refractivity contribution in [1.29, 1.82) is 0 Å². The molecule has 3 heterocycles. The predicted octanol–water partition coefficient (Wildman–Crippen LogP) is 2.06. The van der Waals surface area contributed by atoms with Gasteiger partial charge in [0.2, 0.25) is 0 Å². The number of hydrogen-bond acceptors (Lipinski definition) is 5. The van der Waals surface area contributed by atoms with Gasteiger partial charge in [0.15, 0.2) is 12.2 Å². The number of ether oxygens (including phenoxy) is 1. The van der Waals surface area contributed by atoms with E-state index in [0.29, 0.717) is 19.6 Å². The molecule has 2 amide bonds. The van der Waals surface area contributed by atoms with Crippen LogP contribution in [0.25, 0.3) is 5.69 Å². The quantitative estimate of drug-likeness (QED) is 0.648. The van der Waals surface area contributed by atoms with E-state index in [0.717, 1.165) is 22.4 Å². The number of aliphatic hydroxyl groups excluding tert-OH is 1. The van der Waals surface area contributed by atoms with E-state index in [4.69, 9.17) is 4.74 Å². The van der Waals surface area contributed by atoms with Gasteiger partial charge in [-0.3, -0.25) is 9.59 Å². The first-order valence-electron chi connectivity index (χ1n) is 11.1. The monoisotopic (exact) mass is 446 g/mol. The molecule has 0 aliphatic carbocycles. The van der Waals surface area contributed by atoms with Crippen molar-refractivity contribution >= 4 is 11.8 Å². The number of carbonyl (C=O) groups excluding carboxylic acids is 2. The van der Waals surface area contributed by atoms with E-state index >= 15 is 0 Å². The zero-order valence-electron chi connectivity index (χ0n) is 18.4. The summed E-state index contributed by atoms with van der Waals surface area (Å²) in [6.45, 7) is 3.45. The van der Waals surface area contributed by atoms with Crippen molar-refractivity contribution in [3.05, 3.63) is 83.7 Å². The molecule has 2 aliphatic rings. The molecule has 1 saturated heterocycles. The summed E-state index contributed by atoms with van der Waals surface area (Å²) >= 11 is 0. The van der Waals surface area contributed by atoms with Crippen molar-refractivity contribution < 1.29 is 19.4 Å². The van der Waals surface area contributed by atoms with E-state index in [1.165, 1.54) is 0 Å². The molecule has 0 saturated carbocycles. The summed E-state index contributed by atoms with van der Waals surface area (Å²) in [6.07, 6.45) is 0.840.